The maximum atomic E-state index is 12.4. The van der Waals surface area contributed by atoms with E-state index < -0.39 is 0 Å². The Labute approximate surface area is 163 Å². The van der Waals surface area contributed by atoms with Gasteiger partial charge in [-0.15, -0.1) is 0 Å². The van der Waals surface area contributed by atoms with Crippen LogP contribution in [0.5, 0.6) is 5.75 Å². The van der Waals surface area contributed by atoms with Crippen LogP contribution in [0.2, 0.25) is 0 Å². The molecular formula is C23H21N3O2. The Hall–Kier alpha value is -3.60. The number of nitrogens with one attached hydrogen (secondary N) is 1. The normalized spacial score (nSPS) is 13.0. The molecule has 1 amide bonds. The number of amides is 1. The molecule has 0 atom stereocenters. The van der Waals surface area contributed by atoms with Gasteiger partial charge in [0.25, 0.3) is 5.91 Å². The summed E-state index contributed by atoms with van der Waals surface area (Å²) in [5.74, 6) is -0.0504. The molecule has 1 heterocycles. The van der Waals surface area contributed by atoms with E-state index in [1.165, 1.54) is 16.8 Å². The van der Waals surface area contributed by atoms with E-state index in [2.05, 4.69) is 46.6 Å². The zero-order chi connectivity index (χ0) is 19.5. The van der Waals surface area contributed by atoms with Crippen LogP contribution in [0.3, 0.4) is 0 Å². The number of hydrazone groups is 1. The molecule has 5 heteroatoms. The van der Waals surface area contributed by atoms with Gasteiger partial charge in [0.05, 0.1) is 6.21 Å². The van der Waals surface area contributed by atoms with Crippen LogP contribution in [0.25, 0.3) is 0 Å². The standard InChI is InChI=1S/C23H21N3O2/c1-16-2-8-21(9-3-16)26-14-19-7-6-18(12-20(19)15-26)23(28)25-24-13-17-4-10-22(27)11-5-17/h2-13,27H,14-15H2,1H3,(H,25,28)/b24-13+. The number of aromatic hydroxyl groups is 1. The average Bonchev–Trinajstić information content (AvgIpc) is 3.13. The molecule has 140 valence electrons. The molecule has 0 spiro atoms. The van der Waals surface area contributed by atoms with Crippen molar-refractivity contribution in [1.82, 2.24) is 5.43 Å². The zero-order valence-electron chi connectivity index (χ0n) is 15.6. The fourth-order valence-corrected chi connectivity index (χ4v) is 3.26. The molecule has 2 N–H and O–H groups in total. The van der Waals surface area contributed by atoms with Gasteiger partial charge in [0.15, 0.2) is 0 Å². The summed E-state index contributed by atoms with van der Waals surface area (Å²) in [6.45, 7) is 3.72. The molecule has 0 fully saturated rings. The van der Waals surface area contributed by atoms with Crippen molar-refractivity contribution in [3.8, 4) is 5.75 Å². The first-order chi connectivity index (χ1) is 13.6. The molecule has 1 aliphatic heterocycles. The van der Waals surface area contributed by atoms with E-state index in [1.54, 1.807) is 30.5 Å². The van der Waals surface area contributed by atoms with Crippen LogP contribution in [0, 0.1) is 6.92 Å². The first-order valence-corrected chi connectivity index (χ1v) is 9.14. The third kappa shape index (κ3) is 3.88. The molecule has 0 aromatic heterocycles. The smallest absolute Gasteiger partial charge is 0.271 e. The predicted molar refractivity (Wildman–Crippen MR) is 111 cm³/mol. The van der Waals surface area contributed by atoms with Crippen molar-refractivity contribution in [2.24, 2.45) is 5.10 Å². The highest BCUT2D eigenvalue weighted by molar-refractivity contribution is 5.95. The van der Waals surface area contributed by atoms with Gasteiger partial charge >= 0.3 is 0 Å². The second kappa shape index (κ2) is 7.56. The summed E-state index contributed by atoms with van der Waals surface area (Å²) in [7, 11) is 0. The van der Waals surface area contributed by atoms with Gasteiger partial charge < -0.3 is 10.0 Å². The molecule has 28 heavy (non-hydrogen) atoms. The lowest BCUT2D eigenvalue weighted by Crippen LogP contribution is -2.17. The summed E-state index contributed by atoms with van der Waals surface area (Å²) in [4.78, 5) is 14.7. The number of fused-ring (bicyclic) bond motifs is 1. The number of phenols is 1. The molecule has 0 saturated carbocycles. The number of hydrogen-bond acceptors (Lipinski definition) is 4. The van der Waals surface area contributed by atoms with E-state index in [9.17, 15) is 9.90 Å². The lowest BCUT2D eigenvalue weighted by Gasteiger charge is -2.17. The molecule has 3 aromatic rings. The van der Waals surface area contributed by atoms with Gasteiger partial charge in [-0.05, 0) is 72.1 Å². The molecule has 4 rings (SSSR count). The summed E-state index contributed by atoms with van der Waals surface area (Å²) < 4.78 is 0. The fraction of sp³-hybridized carbons (Fsp3) is 0.130. The zero-order valence-corrected chi connectivity index (χ0v) is 15.6. The highest BCUT2D eigenvalue weighted by Gasteiger charge is 2.20. The van der Waals surface area contributed by atoms with Gasteiger partial charge in [-0.25, -0.2) is 5.43 Å². The second-order valence-electron chi connectivity index (χ2n) is 6.97. The number of benzene rings is 3. The number of nitrogens with zero attached hydrogens (tertiary/aromatic N) is 2. The summed E-state index contributed by atoms with van der Waals surface area (Å²) >= 11 is 0. The number of phenolic OH excluding ortho intramolecular Hbond substituents is 1. The summed E-state index contributed by atoms with van der Waals surface area (Å²) in [5, 5.41) is 13.3. The highest BCUT2D eigenvalue weighted by Crippen LogP contribution is 2.29. The Balaban J connectivity index is 1.42. The van der Waals surface area contributed by atoms with E-state index in [4.69, 9.17) is 0 Å². The SMILES string of the molecule is Cc1ccc(N2Cc3ccc(C(=O)N/N=C/c4ccc(O)cc4)cc3C2)cc1. The van der Waals surface area contributed by atoms with Crippen LogP contribution >= 0.6 is 0 Å². The predicted octanol–water partition coefficient (Wildman–Crippen LogP) is 3.98. The van der Waals surface area contributed by atoms with Gasteiger partial charge in [-0.2, -0.15) is 5.10 Å². The minimum atomic E-state index is -0.244. The van der Waals surface area contributed by atoms with Crippen molar-refractivity contribution >= 4 is 17.8 Å². The van der Waals surface area contributed by atoms with Crippen molar-refractivity contribution in [3.63, 3.8) is 0 Å². The van der Waals surface area contributed by atoms with E-state index in [-0.39, 0.29) is 11.7 Å². The van der Waals surface area contributed by atoms with Gasteiger partial charge in [0.2, 0.25) is 0 Å². The molecule has 0 radical (unpaired) electrons. The van der Waals surface area contributed by atoms with Crippen molar-refractivity contribution < 1.29 is 9.90 Å². The maximum Gasteiger partial charge on any atom is 0.271 e. The lowest BCUT2D eigenvalue weighted by molar-refractivity contribution is 0.0955. The number of carbonyl (C=O) groups is 1. The molecule has 1 aliphatic rings. The average molecular weight is 371 g/mol. The number of aryl methyl sites for hydroxylation is 1. The minimum absolute atomic E-state index is 0.194. The quantitative estimate of drug-likeness (QED) is 0.538. The molecule has 3 aromatic carbocycles. The van der Waals surface area contributed by atoms with Crippen LogP contribution in [0.1, 0.15) is 32.6 Å². The lowest BCUT2D eigenvalue weighted by atomic mass is 10.1. The van der Waals surface area contributed by atoms with E-state index in [1.807, 2.05) is 18.2 Å². The van der Waals surface area contributed by atoms with Gasteiger partial charge in [-0.3, -0.25) is 4.79 Å². The summed E-state index contributed by atoms with van der Waals surface area (Å²) in [6.07, 6.45) is 1.55. The summed E-state index contributed by atoms with van der Waals surface area (Å²) in [6, 6.07) is 20.9. The molecule has 0 aliphatic carbocycles. The Morgan fingerprint density at radius 2 is 1.71 bits per heavy atom. The number of rotatable bonds is 4. The Morgan fingerprint density at radius 1 is 1.00 bits per heavy atom. The van der Waals surface area contributed by atoms with Crippen LogP contribution in [0.4, 0.5) is 5.69 Å². The third-order valence-electron chi connectivity index (χ3n) is 4.86. The van der Waals surface area contributed by atoms with Crippen molar-refractivity contribution in [2.75, 3.05) is 4.90 Å². The Bertz CT molecular complexity index is 1020. The third-order valence-corrected chi connectivity index (χ3v) is 4.86. The van der Waals surface area contributed by atoms with Crippen LogP contribution in [-0.2, 0) is 13.1 Å². The molecular weight excluding hydrogens is 350 g/mol. The molecule has 5 nitrogen and oxygen atoms in total. The number of hydrogen-bond donors (Lipinski definition) is 2. The molecule has 0 bridgehead atoms. The number of carbonyl (C=O) groups excluding carboxylic acids is 1. The van der Waals surface area contributed by atoms with Gasteiger partial charge in [-0.1, -0.05) is 23.8 Å². The number of anilines is 1. The molecule has 0 saturated heterocycles. The van der Waals surface area contributed by atoms with E-state index in [0.29, 0.717) is 5.56 Å². The Morgan fingerprint density at radius 3 is 2.46 bits per heavy atom. The fourth-order valence-electron chi connectivity index (χ4n) is 3.26. The van der Waals surface area contributed by atoms with E-state index >= 15 is 0 Å². The van der Waals surface area contributed by atoms with Crippen LogP contribution in [-0.4, -0.2) is 17.2 Å². The molecule has 0 unspecified atom stereocenters. The van der Waals surface area contributed by atoms with Crippen molar-refractivity contribution in [3.05, 3.63) is 94.5 Å². The summed E-state index contributed by atoms with van der Waals surface area (Å²) in [5.41, 5.74) is 8.77. The maximum absolute atomic E-state index is 12.4. The largest absolute Gasteiger partial charge is 0.508 e. The first-order valence-electron chi connectivity index (χ1n) is 9.14. The van der Waals surface area contributed by atoms with Gasteiger partial charge in [0.1, 0.15) is 5.75 Å². The first kappa shape index (κ1) is 17.8. The Kier molecular flexibility index (Phi) is 4.81. The van der Waals surface area contributed by atoms with Crippen molar-refractivity contribution in [1.29, 1.82) is 0 Å². The second-order valence-corrected chi connectivity index (χ2v) is 6.97. The van der Waals surface area contributed by atoms with Crippen LogP contribution < -0.4 is 10.3 Å². The monoisotopic (exact) mass is 371 g/mol. The minimum Gasteiger partial charge on any atom is -0.508 e. The van der Waals surface area contributed by atoms with Crippen molar-refractivity contribution in [2.45, 2.75) is 20.0 Å². The highest BCUT2D eigenvalue weighted by atomic mass is 16.3. The van der Waals surface area contributed by atoms with Crippen LogP contribution in [0.15, 0.2) is 71.8 Å². The topological polar surface area (TPSA) is 64.9 Å². The van der Waals surface area contributed by atoms with E-state index in [0.717, 1.165) is 24.2 Å². The van der Waals surface area contributed by atoms with Gasteiger partial charge in [0, 0.05) is 24.3 Å².